The molecule has 1 aliphatic heterocycles. The predicted molar refractivity (Wildman–Crippen MR) is 84.9 cm³/mol. The molecular formula is C16H19N5O3. The summed E-state index contributed by atoms with van der Waals surface area (Å²) in [5.41, 5.74) is 1.97. The highest BCUT2D eigenvalue weighted by atomic mass is 16.4. The molecule has 1 N–H and O–H groups in total. The third kappa shape index (κ3) is 3.58. The van der Waals surface area contributed by atoms with E-state index in [2.05, 4.69) is 15.4 Å². The van der Waals surface area contributed by atoms with Crippen molar-refractivity contribution in [1.29, 1.82) is 0 Å². The number of carboxylic acid groups (broad SMARTS) is 1. The Kier molecular flexibility index (Phi) is 4.54. The summed E-state index contributed by atoms with van der Waals surface area (Å²) in [4.78, 5) is 26.2. The number of aliphatic carboxylic acids is 1. The molecule has 126 valence electrons. The maximum atomic E-state index is 12.3. The van der Waals surface area contributed by atoms with Gasteiger partial charge in [-0.05, 0) is 25.0 Å². The van der Waals surface area contributed by atoms with Gasteiger partial charge in [-0.25, -0.2) is 0 Å². The Balaban J connectivity index is 1.65. The number of amides is 1. The quantitative estimate of drug-likeness (QED) is 0.897. The largest absolute Gasteiger partial charge is 0.481 e. The highest BCUT2D eigenvalue weighted by Gasteiger charge is 2.28. The van der Waals surface area contributed by atoms with Crippen molar-refractivity contribution in [2.24, 2.45) is 5.92 Å². The molecule has 0 aliphatic carbocycles. The molecule has 1 aliphatic rings. The molecule has 3 rings (SSSR count). The Labute approximate surface area is 139 Å². The molecule has 1 aromatic carbocycles. The summed E-state index contributed by atoms with van der Waals surface area (Å²) >= 11 is 0. The van der Waals surface area contributed by atoms with E-state index in [1.807, 2.05) is 31.2 Å². The normalized spacial score (nSPS) is 17.7. The van der Waals surface area contributed by atoms with Gasteiger partial charge in [-0.15, -0.1) is 10.2 Å². The van der Waals surface area contributed by atoms with Crippen molar-refractivity contribution < 1.29 is 14.7 Å². The van der Waals surface area contributed by atoms with Crippen LogP contribution in [0.3, 0.4) is 0 Å². The van der Waals surface area contributed by atoms with Gasteiger partial charge in [0.2, 0.25) is 11.7 Å². The molecule has 0 unspecified atom stereocenters. The number of carbonyl (C=O) groups excluding carboxylic acids is 1. The number of carbonyl (C=O) groups is 2. The Morgan fingerprint density at radius 3 is 2.75 bits per heavy atom. The predicted octanol–water partition coefficient (Wildman–Crippen LogP) is 0.972. The first-order valence-corrected chi connectivity index (χ1v) is 7.88. The van der Waals surface area contributed by atoms with Gasteiger partial charge in [0.1, 0.15) is 6.54 Å². The third-order valence-corrected chi connectivity index (χ3v) is 4.16. The third-order valence-electron chi connectivity index (χ3n) is 4.16. The van der Waals surface area contributed by atoms with Crippen LogP contribution < -0.4 is 0 Å². The van der Waals surface area contributed by atoms with Crippen LogP contribution in [-0.2, 0) is 16.1 Å². The van der Waals surface area contributed by atoms with Crippen LogP contribution in [-0.4, -0.2) is 55.2 Å². The van der Waals surface area contributed by atoms with E-state index in [1.54, 1.807) is 4.90 Å². The van der Waals surface area contributed by atoms with Gasteiger partial charge in [-0.2, -0.15) is 4.80 Å². The van der Waals surface area contributed by atoms with Crippen molar-refractivity contribution in [3.63, 3.8) is 0 Å². The summed E-state index contributed by atoms with van der Waals surface area (Å²) in [5.74, 6) is -1.07. The zero-order valence-electron chi connectivity index (χ0n) is 13.4. The number of hydrogen-bond acceptors (Lipinski definition) is 5. The van der Waals surface area contributed by atoms with Gasteiger partial charge in [-0.1, -0.05) is 29.8 Å². The van der Waals surface area contributed by atoms with Crippen molar-refractivity contribution in [2.45, 2.75) is 26.3 Å². The molecule has 1 atom stereocenters. The highest BCUT2D eigenvalue weighted by molar-refractivity contribution is 5.77. The highest BCUT2D eigenvalue weighted by Crippen LogP contribution is 2.17. The zero-order chi connectivity index (χ0) is 17.1. The minimum absolute atomic E-state index is 0.0365. The van der Waals surface area contributed by atoms with Gasteiger partial charge in [0, 0.05) is 18.7 Å². The van der Waals surface area contributed by atoms with E-state index in [-0.39, 0.29) is 19.0 Å². The molecule has 2 heterocycles. The number of rotatable bonds is 4. The van der Waals surface area contributed by atoms with Gasteiger partial charge >= 0.3 is 5.97 Å². The number of likely N-dealkylation sites (tertiary alicyclic amines) is 1. The van der Waals surface area contributed by atoms with Crippen LogP contribution in [0.2, 0.25) is 0 Å². The average molecular weight is 329 g/mol. The molecule has 1 aromatic heterocycles. The fraction of sp³-hybridized carbons (Fsp3) is 0.438. The van der Waals surface area contributed by atoms with Gasteiger partial charge in [0.15, 0.2) is 0 Å². The smallest absolute Gasteiger partial charge is 0.308 e. The maximum Gasteiger partial charge on any atom is 0.308 e. The van der Waals surface area contributed by atoms with Gasteiger partial charge in [-0.3, -0.25) is 9.59 Å². The van der Waals surface area contributed by atoms with E-state index in [4.69, 9.17) is 5.11 Å². The Morgan fingerprint density at radius 1 is 1.29 bits per heavy atom. The topological polar surface area (TPSA) is 101 Å². The lowest BCUT2D eigenvalue weighted by Crippen LogP contribution is -2.43. The molecule has 1 amide bonds. The van der Waals surface area contributed by atoms with E-state index < -0.39 is 11.9 Å². The fourth-order valence-corrected chi connectivity index (χ4v) is 2.75. The molecule has 8 nitrogen and oxygen atoms in total. The second kappa shape index (κ2) is 6.77. The molecule has 24 heavy (non-hydrogen) atoms. The van der Waals surface area contributed by atoms with Crippen LogP contribution in [0.1, 0.15) is 18.4 Å². The standard InChI is InChI=1S/C16H19N5O3/c1-11-4-6-12(7-5-11)15-17-19-21(18-15)10-14(22)20-8-2-3-13(9-20)16(23)24/h4-7,13H,2-3,8-10H2,1H3,(H,23,24)/t13-/m0/s1. The lowest BCUT2D eigenvalue weighted by Gasteiger charge is -2.30. The Morgan fingerprint density at radius 2 is 2.04 bits per heavy atom. The number of hydrogen-bond donors (Lipinski definition) is 1. The molecular weight excluding hydrogens is 310 g/mol. The van der Waals surface area contributed by atoms with Crippen LogP contribution in [0, 0.1) is 12.8 Å². The van der Waals surface area contributed by atoms with Crippen LogP contribution in [0.25, 0.3) is 11.4 Å². The molecule has 0 radical (unpaired) electrons. The van der Waals surface area contributed by atoms with Crippen molar-refractivity contribution in [1.82, 2.24) is 25.1 Å². The van der Waals surface area contributed by atoms with E-state index in [0.717, 1.165) is 11.1 Å². The van der Waals surface area contributed by atoms with Gasteiger partial charge < -0.3 is 10.0 Å². The van der Waals surface area contributed by atoms with E-state index in [9.17, 15) is 9.59 Å². The number of piperidine rings is 1. The summed E-state index contributed by atoms with van der Waals surface area (Å²) in [7, 11) is 0. The first kappa shape index (κ1) is 16.1. The molecule has 1 saturated heterocycles. The molecule has 1 fully saturated rings. The maximum absolute atomic E-state index is 12.3. The average Bonchev–Trinajstić information content (AvgIpc) is 3.04. The van der Waals surface area contributed by atoms with Crippen molar-refractivity contribution >= 4 is 11.9 Å². The van der Waals surface area contributed by atoms with Crippen molar-refractivity contribution in [3.8, 4) is 11.4 Å². The second-order valence-corrected chi connectivity index (χ2v) is 6.03. The van der Waals surface area contributed by atoms with Crippen LogP contribution in [0.5, 0.6) is 0 Å². The summed E-state index contributed by atoms with van der Waals surface area (Å²) in [5, 5.41) is 21.2. The van der Waals surface area contributed by atoms with Crippen LogP contribution >= 0.6 is 0 Å². The number of benzene rings is 1. The summed E-state index contributed by atoms with van der Waals surface area (Å²) in [6.45, 7) is 2.77. The van der Waals surface area contributed by atoms with Crippen molar-refractivity contribution in [2.75, 3.05) is 13.1 Å². The molecule has 0 saturated carbocycles. The van der Waals surface area contributed by atoms with E-state index in [0.29, 0.717) is 25.2 Å². The Hall–Kier alpha value is -2.77. The lowest BCUT2D eigenvalue weighted by molar-refractivity contribution is -0.145. The summed E-state index contributed by atoms with van der Waals surface area (Å²) in [6, 6.07) is 7.73. The van der Waals surface area contributed by atoms with Crippen molar-refractivity contribution in [3.05, 3.63) is 29.8 Å². The second-order valence-electron chi connectivity index (χ2n) is 6.03. The first-order chi connectivity index (χ1) is 11.5. The number of aromatic nitrogens is 4. The number of aryl methyl sites for hydroxylation is 1. The number of carboxylic acids is 1. The summed E-state index contributed by atoms with van der Waals surface area (Å²) in [6.07, 6.45) is 1.31. The minimum atomic E-state index is -0.854. The fourth-order valence-electron chi connectivity index (χ4n) is 2.75. The van der Waals surface area contributed by atoms with E-state index in [1.165, 1.54) is 4.80 Å². The first-order valence-electron chi connectivity index (χ1n) is 7.88. The lowest BCUT2D eigenvalue weighted by atomic mass is 9.98. The van der Waals surface area contributed by atoms with Gasteiger partial charge in [0.05, 0.1) is 5.92 Å². The monoisotopic (exact) mass is 329 g/mol. The Bertz CT molecular complexity index is 740. The number of tetrazole rings is 1. The molecule has 8 heteroatoms. The summed E-state index contributed by atoms with van der Waals surface area (Å²) < 4.78 is 0. The van der Waals surface area contributed by atoms with E-state index >= 15 is 0 Å². The SMILES string of the molecule is Cc1ccc(-c2nnn(CC(=O)N3CCC[C@H](C(=O)O)C3)n2)cc1. The van der Waals surface area contributed by atoms with Crippen LogP contribution in [0.15, 0.2) is 24.3 Å². The van der Waals surface area contributed by atoms with Gasteiger partial charge in [0.25, 0.3) is 0 Å². The molecule has 0 bridgehead atoms. The minimum Gasteiger partial charge on any atom is -0.481 e. The zero-order valence-corrected chi connectivity index (χ0v) is 13.4. The van der Waals surface area contributed by atoms with Crippen LogP contribution in [0.4, 0.5) is 0 Å². The molecule has 2 aromatic rings. The number of nitrogens with zero attached hydrogens (tertiary/aromatic N) is 5. The molecule has 0 spiro atoms.